The Morgan fingerprint density at radius 3 is 2.43 bits per heavy atom. The molecular formula is C10H10N4O7. The normalized spacial score (nSPS) is 9.57. The minimum absolute atomic E-state index is 0.00999. The summed E-state index contributed by atoms with van der Waals surface area (Å²) in [5.74, 6) is -2.33. The van der Waals surface area contributed by atoms with Crippen molar-refractivity contribution in [1.82, 2.24) is 5.43 Å². The number of ether oxygens (including phenoxy) is 1. The summed E-state index contributed by atoms with van der Waals surface area (Å²) in [7, 11) is 0. The number of hydrogen-bond acceptors (Lipinski definition) is 8. The van der Waals surface area contributed by atoms with Gasteiger partial charge in [-0.25, -0.2) is 4.79 Å². The molecule has 1 aromatic carbocycles. The number of hydrogen-bond donors (Lipinski definition) is 2. The van der Waals surface area contributed by atoms with Crippen LogP contribution < -0.4 is 10.9 Å². The van der Waals surface area contributed by atoms with E-state index in [1.165, 1.54) is 6.92 Å². The minimum Gasteiger partial charge on any atom is -0.459 e. The second kappa shape index (κ2) is 6.79. The Morgan fingerprint density at radius 2 is 1.90 bits per heavy atom. The molecule has 0 heterocycles. The highest BCUT2D eigenvalue weighted by Crippen LogP contribution is 2.28. The Balaban J connectivity index is 2.88. The lowest BCUT2D eigenvalue weighted by molar-refractivity contribution is -0.393. The van der Waals surface area contributed by atoms with Gasteiger partial charge in [-0.15, -0.1) is 0 Å². The van der Waals surface area contributed by atoms with Crippen molar-refractivity contribution in [3.8, 4) is 0 Å². The molecule has 0 radical (unpaired) electrons. The zero-order valence-corrected chi connectivity index (χ0v) is 10.7. The van der Waals surface area contributed by atoms with Crippen LogP contribution in [0.2, 0.25) is 0 Å². The molecule has 112 valence electrons. The number of nitro benzene ring substituents is 2. The summed E-state index contributed by atoms with van der Waals surface area (Å²) < 4.78 is 4.41. The first-order valence-corrected chi connectivity index (χ1v) is 5.52. The summed E-state index contributed by atoms with van der Waals surface area (Å²) in [4.78, 5) is 42.0. The maximum Gasteiger partial charge on any atom is 0.398 e. The van der Waals surface area contributed by atoms with Gasteiger partial charge in [-0.1, -0.05) is 0 Å². The Labute approximate surface area is 117 Å². The average Bonchev–Trinajstić information content (AvgIpc) is 2.44. The van der Waals surface area contributed by atoms with E-state index < -0.39 is 33.1 Å². The number of nitrogens with zero attached hydrogens (tertiary/aromatic N) is 2. The highest BCUT2D eigenvalue weighted by atomic mass is 16.6. The Morgan fingerprint density at radius 1 is 1.24 bits per heavy atom. The summed E-state index contributed by atoms with van der Waals surface area (Å²) in [6.07, 6.45) is 0. The van der Waals surface area contributed by atoms with Crippen LogP contribution in [-0.2, 0) is 14.3 Å². The van der Waals surface area contributed by atoms with Crippen molar-refractivity contribution in [3.05, 3.63) is 38.4 Å². The summed E-state index contributed by atoms with van der Waals surface area (Å²) in [6.45, 7) is 1.49. The smallest absolute Gasteiger partial charge is 0.398 e. The quantitative estimate of drug-likeness (QED) is 0.345. The number of nitrogens with one attached hydrogen (secondary N) is 2. The van der Waals surface area contributed by atoms with Gasteiger partial charge in [0.25, 0.3) is 5.69 Å². The van der Waals surface area contributed by atoms with E-state index in [1.807, 2.05) is 5.43 Å². The summed E-state index contributed by atoms with van der Waals surface area (Å²) >= 11 is 0. The van der Waals surface area contributed by atoms with E-state index in [0.717, 1.165) is 18.2 Å². The largest absolute Gasteiger partial charge is 0.459 e. The molecule has 1 aromatic rings. The molecule has 2 N–H and O–H groups in total. The van der Waals surface area contributed by atoms with Gasteiger partial charge in [0.2, 0.25) is 0 Å². The third-order valence-electron chi connectivity index (χ3n) is 2.16. The lowest BCUT2D eigenvalue weighted by Crippen LogP contribution is -2.36. The van der Waals surface area contributed by atoms with Crippen LogP contribution in [0.3, 0.4) is 0 Å². The summed E-state index contributed by atoms with van der Waals surface area (Å²) in [6, 6.07) is 2.76. The number of rotatable bonds is 5. The SMILES string of the molecule is CCOC(=O)C(=O)NNc1ccc([N+](=O)[O-])cc1[N+](=O)[O-]. The molecule has 0 aliphatic heterocycles. The van der Waals surface area contributed by atoms with Gasteiger partial charge in [0.1, 0.15) is 5.69 Å². The highest BCUT2D eigenvalue weighted by molar-refractivity contribution is 6.32. The fraction of sp³-hybridized carbons (Fsp3) is 0.200. The predicted octanol–water partition coefficient (Wildman–Crippen LogP) is 0.509. The van der Waals surface area contributed by atoms with Gasteiger partial charge in [-0.3, -0.25) is 35.9 Å². The summed E-state index contributed by atoms with van der Waals surface area (Å²) in [5.41, 5.74) is 2.69. The zero-order chi connectivity index (χ0) is 16.0. The van der Waals surface area contributed by atoms with Crippen molar-refractivity contribution in [2.45, 2.75) is 6.92 Å². The minimum atomic E-state index is -1.17. The Kier molecular flexibility index (Phi) is 5.11. The Bertz CT molecular complexity index is 601. The van der Waals surface area contributed by atoms with Gasteiger partial charge < -0.3 is 4.74 Å². The zero-order valence-electron chi connectivity index (χ0n) is 10.7. The van der Waals surface area contributed by atoms with Crippen LogP contribution in [0.5, 0.6) is 0 Å². The predicted molar refractivity (Wildman–Crippen MR) is 68.1 cm³/mol. The van der Waals surface area contributed by atoms with Gasteiger partial charge in [0, 0.05) is 6.07 Å². The van der Waals surface area contributed by atoms with Gasteiger partial charge in [-0.05, 0) is 13.0 Å². The van der Waals surface area contributed by atoms with Crippen LogP contribution in [-0.4, -0.2) is 28.3 Å². The lowest BCUT2D eigenvalue weighted by Gasteiger charge is -2.08. The second-order valence-corrected chi connectivity index (χ2v) is 3.52. The molecule has 0 saturated carbocycles. The molecule has 0 bridgehead atoms. The van der Waals surface area contributed by atoms with Crippen molar-refractivity contribution >= 4 is 28.9 Å². The molecule has 1 rings (SSSR count). The van der Waals surface area contributed by atoms with Gasteiger partial charge in [0.15, 0.2) is 0 Å². The maximum atomic E-state index is 11.2. The first kappa shape index (κ1) is 15.8. The molecule has 0 aliphatic rings. The molecule has 11 heteroatoms. The van der Waals surface area contributed by atoms with E-state index in [9.17, 15) is 29.8 Å². The number of hydrazine groups is 1. The van der Waals surface area contributed by atoms with Gasteiger partial charge in [-0.2, -0.15) is 0 Å². The van der Waals surface area contributed by atoms with Crippen LogP contribution in [0.4, 0.5) is 17.1 Å². The number of amides is 1. The molecule has 0 saturated heterocycles. The van der Waals surface area contributed by atoms with Crippen LogP contribution in [0.15, 0.2) is 18.2 Å². The van der Waals surface area contributed by atoms with Crippen LogP contribution in [0.25, 0.3) is 0 Å². The Hall–Kier alpha value is -3.24. The van der Waals surface area contributed by atoms with Crippen LogP contribution >= 0.6 is 0 Å². The van der Waals surface area contributed by atoms with Crippen LogP contribution in [0.1, 0.15) is 6.92 Å². The fourth-order valence-electron chi connectivity index (χ4n) is 1.26. The van der Waals surface area contributed by atoms with Gasteiger partial charge in [0.05, 0.1) is 22.5 Å². The molecule has 11 nitrogen and oxygen atoms in total. The topological polar surface area (TPSA) is 154 Å². The van der Waals surface area contributed by atoms with Crippen molar-refractivity contribution in [2.75, 3.05) is 12.0 Å². The van der Waals surface area contributed by atoms with E-state index >= 15 is 0 Å². The van der Waals surface area contributed by atoms with Crippen molar-refractivity contribution in [2.24, 2.45) is 0 Å². The molecule has 0 unspecified atom stereocenters. The van der Waals surface area contributed by atoms with Crippen LogP contribution in [0, 0.1) is 20.2 Å². The number of carbonyl (C=O) groups is 2. The van der Waals surface area contributed by atoms with E-state index in [0.29, 0.717) is 0 Å². The molecule has 21 heavy (non-hydrogen) atoms. The van der Waals surface area contributed by atoms with E-state index in [2.05, 4.69) is 10.2 Å². The first-order valence-electron chi connectivity index (χ1n) is 5.52. The number of non-ortho nitro benzene ring substituents is 1. The van der Waals surface area contributed by atoms with Gasteiger partial charge >= 0.3 is 17.6 Å². The number of benzene rings is 1. The molecule has 0 fully saturated rings. The monoisotopic (exact) mass is 298 g/mol. The van der Waals surface area contributed by atoms with Crippen molar-refractivity contribution in [1.29, 1.82) is 0 Å². The third-order valence-corrected chi connectivity index (χ3v) is 2.16. The molecule has 0 aliphatic carbocycles. The number of carbonyl (C=O) groups excluding carboxylic acids is 2. The standard InChI is InChI=1S/C10H10N4O7/c1-2-21-10(16)9(15)12-11-7-4-3-6(13(17)18)5-8(7)14(19)20/h3-5,11H,2H2,1H3,(H,12,15). The number of nitro groups is 2. The van der Waals surface area contributed by atoms with Crippen molar-refractivity contribution < 1.29 is 24.2 Å². The maximum absolute atomic E-state index is 11.2. The van der Waals surface area contributed by atoms with E-state index in [4.69, 9.17) is 0 Å². The molecule has 0 spiro atoms. The van der Waals surface area contributed by atoms with E-state index in [1.54, 1.807) is 0 Å². The first-order chi connectivity index (χ1) is 9.86. The molecule has 0 atom stereocenters. The third kappa shape index (κ3) is 4.12. The summed E-state index contributed by atoms with van der Waals surface area (Å²) in [5, 5.41) is 21.4. The van der Waals surface area contributed by atoms with Crippen molar-refractivity contribution in [3.63, 3.8) is 0 Å². The molecule has 0 aromatic heterocycles. The van der Waals surface area contributed by atoms with E-state index in [-0.39, 0.29) is 12.3 Å². The molecule has 1 amide bonds. The lowest BCUT2D eigenvalue weighted by atomic mass is 10.2. The second-order valence-electron chi connectivity index (χ2n) is 3.52. The number of esters is 1. The average molecular weight is 298 g/mol. The highest BCUT2D eigenvalue weighted by Gasteiger charge is 2.21. The molecular weight excluding hydrogens is 288 g/mol. The fourth-order valence-corrected chi connectivity index (χ4v) is 1.26. The number of anilines is 1.